The van der Waals surface area contributed by atoms with E-state index < -0.39 is 26.6 Å². The van der Waals surface area contributed by atoms with Crippen LogP contribution in [-0.2, 0) is 16.6 Å². The summed E-state index contributed by atoms with van der Waals surface area (Å²) in [6.45, 7) is 0.205. The van der Waals surface area contributed by atoms with Gasteiger partial charge < -0.3 is 10.1 Å². The molecule has 0 unspecified atom stereocenters. The second-order valence-corrected chi connectivity index (χ2v) is 8.08. The van der Waals surface area contributed by atoms with Crippen molar-refractivity contribution in [1.82, 2.24) is 0 Å². The molecule has 0 fully saturated rings. The molecule has 3 aromatic rings. The highest BCUT2D eigenvalue weighted by atomic mass is 35.5. The Morgan fingerprint density at radius 2 is 1.76 bits per heavy atom. The number of rotatable bonds is 6. The summed E-state index contributed by atoms with van der Waals surface area (Å²) in [7, 11) is -4.12. The highest BCUT2D eigenvalue weighted by Crippen LogP contribution is 2.23. The number of carbonyl (C=O) groups excluding carboxylic acids is 1. The Morgan fingerprint density at radius 1 is 1.07 bits per heavy atom. The molecule has 0 aromatic heterocycles. The second kappa shape index (κ2) is 8.60. The maximum absolute atomic E-state index is 13.7. The molecule has 0 aliphatic rings. The number of amides is 1. The molecule has 0 bridgehead atoms. The Labute approximate surface area is 172 Å². The second-order valence-electron chi connectivity index (χ2n) is 6.09. The van der Waals surface area contributed by atoms with E-state index in [9.17, 15) is 17.6 Å². The van der Waals surface area contributed by atoms with Gasteiger partial charge in [0.05, 0.1) is 10.5 Å². The molecule has 1 amide bonds. The molecule has 0 aliphatic heterocycles. The van der Waals surface area contributed by atoms with Crippen LogP contribution in [-0.4, -0.2) is 14.3 Å². The third kappa shape index (κ3) is 5.54. The monoisotopic (exact) mass is 434 g/mol. The highest BCUT2D eigenvalue weighted by molar-refractivity contribution is 7.89. The third-order valence-corrected chi connectivity index (χ3v) is 5.04. The Hall–Kier alpha value is -2.94. The molecule has 6 nitrogen and oxygen atoms in total. The lowest BCUT2D eigenvalue weighted by molar-refractivity contribution is 0.102. The zero-order valence-electron chi connectivity index (χ0n) is 14.9. The van der Waals surface area contributed by atoms with Gasteiger partial charge in [-0.1, -0.05) is 35.9 Å². The fraction of sp³-hybridized carbons (Fsp3) is 0.0500. The summed E-state index contributed by atoms with van der Waals surface area (Å²) < 4.78 is 42.4. The summed E-state index contributed by atoms with van der Waals surface area (Å²) >= 11 is 5.86. The van der Waals surface area contributed by atoms with Crippen molar-refractivity contribution >= 4 is 33.2 Å². The Bertz CT molecular complexity index is 1150. The van der Waals surface area contributed by atoms with Gasteiger partial charge in [0.2, 0.25) is 10.0 Å². The SMILES string of the molecule is NS(=O)(=O)c1cc(F)cc(NC(=O)c2ccccc2OCc2ccc(Cl)cc2)c1. The van der Waals surface area contributed by atoms with E-state index in [4.69, 9.17) is 21.5 Å². The van der Waals surface area contributed by atoms with Gasteiger partial charge >= 0.3 is 0 Å². The van der Waals surface area contributed by atoms with Gasteiger partial charge in [-0.15, -0.1) is 0 Å². The minimum atomic E-state index is -4.12. The van der Waals surface area contributed by atoms with Crippen LogP contribution in [0.2, 0.25) is 5.02 Å². The van der Waals surface area contributed by atoms with Gasteiger partial charge in [0, 0.05) is 10.7 Å². The van der Waals surface area contributed by atoms with Gasteiger partial charge in [0.1, 0.15) is 18.2 Å². The van der Waals surface area contributed by atoms with Crippen LogP contribution in [0.3, 0.4) is 0 Å². The predicted molar refractivity (Wildman–Crippen MR) is 108 cm³/mol. The quantitative estimate of drug-likeness (QED) is 0.613. The van der Waals surface area contributed by atoms with Gasteiger partial charge in [-0.2, -0.15) is 0 Å². The lowest BCUT2D eigenvalue weighted by Crippen LogP contribution is -2.16. The number of carbonyl (C=O) groups is 1. The smallest absolute Gasteiger partial charge is 0.259 e. The van der Waals surface area contributed by atoms with Crippen molar-refractivity contribution in [2.45, 2.75) is 11.5 Å². The molecule has 0 aliphatic carbocycles. The number of nitrogens with one attached hydrogen (secondary N) is 1. The number of para-hydroxylation sites is 1. The molecule has 0 radical (unpaired) electrons. The van der Waals surface area contributed by atoms with Crippen molar-refractivity contribution in [1.29, 1.82) is 0 Å². The van der Waals surface area contributed by atoms with Gasteiger partial charge in [-0.25, -0.2) is 17.9 Å². The van der Waals surface area contributed by atoms with Crippen molar-refractivity contribution in [2.75, 3.05) is 5.32 Å². The van der Waals surface area contributed by atoms with Crippen molar-refractivity contribution in [3.05, 3.63) is 88.7 Å². The van der Waals surface area contributed by atoms with E-state index in [0.29, 0.717) is 10.8 Å². The maximum Gasteiger partial charge on any atom is 0.259 e. The molecule has 3 rings (SSSR count). The zero-order chi connectivity index (χ0) is 21.0. The van der Waals surface area contributed by atoms with Crippen LogP contribution in [0.4, 0.5) is 10.1 Å². The van der Waals surface area contributed by atoms with E-state index in [-0.39, 0.29) is 17.9 Å². The van der Waals surface area contributed by atoms with Gasteiger partial charge in [0.25, 0.3) is 5.91 Å². The van der Waals surface area contributed by atoms with Crippen LogP contribution in [0, 0.1) is 5.82 Å². The maximum atomic E-state index is 13.7. The number of sulfonamides is 1. The number of hydrogen-bond donors (Lipinski definition) is 2. The Kier molecular flexibility index (Phi) is 6.17. The number of nitrogens with two attached hydrogens (primary N) is 1. The molecule has 0 saturated carbocycles. The lowest BCUT2D eigenvalue weighted by Gasteiger charge is -2.12. The molecule has 3 aromatic carbocycles. The molecular formula is C20H16ClFN2O4S. The first-order valence-corrected chi connectivity index (χ1v) is 10.3. The van der Waals surface area contributed by atoms with Crippen LogP contribution >= 0.6 is 11.6 Å². The highest BCUT2D eigenvalue weighted by Gasteiger charge is 2.16. The predicted octanol–water partition coefficient (Wildman–Crippen LogP) is 3.96. The first-order valence-electron chi connectivity index (χ1n) is 8.33. The average molecular weight is 435 g/mol. The molecule has 3 N–H and O–H groups in total. The normalized spacial score (nSPS) is 11.1. The molecule has 0 saturated heterocycles. The van der Waals surface area contributed by atoms with Gasteiger partial charge in [-0.05, 0) is 48.0 Å². The number of halogens is 2. The standard InChI is InChI=1S/C20H16ClFN2O4S/c21-14-7-5-13(6-8-14)12-28-19-4-2-1-3-18(19)20(25)24-16-9-15(22)10-17(11-16)29(23,26)27/h1-11H,12H2,(H,24,25)(H2,23,26,27). The van der Waals surface area contributed by atoms with Crippen molar-refractivity contribution < 1.29 is 22.3 Å². The van der Waals surface area contributed by atoms with Crippen LogP contribution < -0.4 is 15.2 Å². The van der Waals surface area contributed by atoms with E-state index in [1.54, 1.807) is 42.5 Å². The number of hydrogen-bond acceptors (Lipinski definition) is 4. The van der Waals surface area contributed by atoms with Crippen LogP contribution in [0.15, 0.2) is 71.6 Å². The number of primary sulfonamides is 1. The largest absolute Gasteiger partial charge is 0.488 e. The van der Waals surface area contributed by atoms with Gasteiger partial charge in [-0.3, -0.25) is 4.79 Å². The summed E-state index contributed by atoms with van der Waals surface area (Å²) in [6, 6.07) is 16.4. The van der Waals surface area contributed by atoms with Crippen molar-refractivity contribution in [2.24, 2.45) is 5.14 Å². The molecule has 29 heavy (non-hydrogen) atoms. The summed E-state index contributed by atoms with van der Waals surface area (Å²) in [5.74, 6) is -1.13. The average Bonchev–Trinajstić information content (AvgIpc) is 2.66. The van der Waals surface area contributed by atoms with Crippen molar-refractivity contribution in [3.63, 3.8) is 0 Å². The molecule has 9 heteroatoms. The van der Waals surface area contributed by atoms with Crippen LogP contribution in [0.25, 0.3) is 0 Å². The Balaban J connectivity index is 1.80. The van der Waals surface area contributed by atoms with E-state index in [2.05, 4.69) is 5.32 Å². The first-order chi connectivity index (χ1) is 13.7. The van der Waals surface area contributed by atoms with E-state index in [1.807, 2.05) is 0 Å². The zero-order valence-corrected chi connectivity index (χ0v) is 16.5. The number of anilines is 1. The van der Waals surface area contributed by atoms with Crippen LogP contribution in [0.1, 0.15) is 15.9 Å². The van der Waals surface area contributed by atoms with Crippen LogP contribution in [0.5, 0.6) is 5.75 Å². The van der Waals surface area contributed by atoms with E-state index >= 15 is 0 Å². The molecule has 0 atom stereocenters. The van der Waals surface area contributed by atoms with Crippen molar-refractivity contribution in [3.8, 4) is 5.75 Å². The molecule has 0 spiro atoms. The topological polar surface area (TPSA) is 98.5 Å². The first kappa shape index (κ1) is 20.8. The van der Waals surface area contributed by atoms with Gasteiger partial charge in [0.15, 0.2) is 0 Å². The summed E-state index contributed by atoms with van der Waals surface area (Å²) in [5.41, 5.74) is 1.00. The summed E-state index contributed by atoms with van der Waals surface area (Å²) in [5, 5.41) is 8.09. The minimum Gasteiger partial charge on any atom is -0.488 e. The number of ether oxygens (including phenoxy) is 1. The minimum absolute atomic E-state index is 0.0495. The summed E-state index contributed by atoms with van der Waals surface area (Å²) in [6.07, 6.45) is 0. The molecule has 150 valence electrons. The Morgan fingerprint density at radius 3 is 2.45 bits per heavy atom. The van der Waals surface area contributed by atoms with E-state index in [1.165, 1.54) is 6.07 Å². The lowest BCUT2D eigenvalue weighted by atomic mass is 10.1. The summed E-state index contributed by atoms with van der Waals surface area (Å²) in [4.78, 5) is 12.2. The number of benzene rings is 3. The van der Waals surface area contributed by atoms with E-state index in [0.717, 1.165) is 23.8 Å². The third-order valence-electron chi connectivity index (χ3n) is 3.90. The fourth-order valence-corrected chi connectivity index (χ4v) is 3.21. The molecule has 0 heterocycles. The molecular weight excluding hydrogens is 419 g/mol. The fourth-order valence-electron chi connectivity index (χ4n) is 2.52.